The molecule has 1 saturated heterocycles. The number of amides is 2. The second-order valence-corrected chi connectivity index (χ2v) is 7.29. The summed E-state index contributed by atoms with van der Waals surface area (Å²) in [5.41, 5.74) is 3.37. The van der Waals surface area contributed by atoms with Gasteiger partial charge in [0.05, 0.1) is 12.0 Å². The number of hydrogen-bond acceptors (Lipinski definition) is 6. The molecule has 0 saturated carbocycles. The molecule has 1 N–H and O–H groups in total. The van der Waals surface area contributed by atoms with Crippen LogP contribution in [0.3, 0.4) is 0 Å². The Morgan fingerprint density at radius 3 is 2.59 bits per heavy atom. The third-order valence-electron chi connectivity index (χ3n) is 3.74. The first-order valence-corrected chi connectivity index (χ1v) is 9.38. The average Bonchev–Trinajstić information content (AvgIpc) is 2.96. The number of rotatable bonds is 6. The summed E-state index contributed by atoms with van der Waals surface area (Å²) in [5, 5.41) is 0.993. The number of nitrogens with zero attached hydrogens (tertiary/aromatic N) is 1. The van der Waals surface area contributed by atoms with E-state index in [1.807, 2.05) is 0 Å². The predicted octanol–water partition coefficient (Wildman–Crippen LogP) is 3.84. The highest BCUT2D eigenvalue weighted by Gasteiger charge is 2.33. The van der Waals surface area contributed by atoms with E-state index in [9.17, 15) is 18.4 Å². The minimum absolute atomic E-state index is 0.0897. The Balaban J connectivity index is 1.78. The van der Waals surface area contributed by atoms with Crippen molar-refractivity contribution < 1.29 is 27.8 Å². The zero-order valence-electron chi connectivity index (χ0n) is 14.9. The molecule has 0 radical (unpaired) electrons. The van der Waals surface area contributed by atoms with Crippen molar-refractivity contribution >= 4 is 46.2 Å². The van der Waals surface area contributed by atoms with Gasteiger partial charge in [-0.15, -0.1) is 0 Å². The van der Waals surface area contributed by atoms with Crippen LogP contribution in [0.2, 0.25) is 0 Å². The van der Waals surface area contributed by atoms with Crippen molar-refractivity contribution in [2.24, 2.45) is 0 Å². The molecule has 2 aromatic carbocycles. The number of ether oxygens (including phenoxy) is 2. The summed E-state index contributed by atoms with van der Waals surface area (Å²) in [6, 6.07) is 12.7. The Labute approximate surface area is 174 Å². The molecule has 29 heavy (non-hydrogen) atoms. The number of thioether (sulfide) groups is 1. The van der Waals surface area contributed by atoms with Gasteiger partial charge in [0.15, 0.2) is 15.8 Å². The topological polar surface area (TPSA) is 67.9 Å². The van der Waals surface area contributed by atoms with E-state index in [-0.39, 0.29) is 20.7 Å². The van der Waals surface area contributed by atoms with Gasteiger partial charge < -0.3 is 9.47 Å². The molecule has 1 heterocycles. The van der Waals surface area contributed by atoms with E-state index < -0.39 is 18.4 Å². The molecule has 0 spiro atoms. The number of halogens is 2. The predicted molar refractivity (Wildman–Crippen MR) is 109 cm³/mol. The maximum absolute atomic E-state index is 12.6. The van der Waals surface area contributed by atoms with Crippen LogP contribution in [0.15, 0.2) is 53.4 Å². The highest BCUT2D eigenvalue weighted by Crippen LogP contribution is 2.34. The van der Waals surface area contributed by atoms with Crippen LogP contribution < -0.4 is 14.9 Å². The smallest absolute Gasteiger partial charge is 0.387 e. The molecular formula is C19H14F2N2O4S2. The first-order valence-electron chi connectivity index (χ1n) is 8.16. The van der Waals surface area contributed by atoms with Gasteiger partial charge in [0.25, 0.3) is 11.8 Å². The van der Waals surface area contributed by atoms with Gasteiger partial charge in [-0.1, -0.05) is 36.0 Å². The Hall–Kier alpha value is -2.98. The highest BCUT2D eigenvalue weighted by molar-refractivity contribution is 8.26. The third-order valence-corrected chi connectivity index (χ3v) is 5.05. The summed E-state index contributed by atoms with van der Waals surface area (Å²) in [7, 11) is 1.32. The Bertz CT molecular complexity index is 983. The summed E-state index contributed by atoms with van der Waals surface area (Å²) >= 11 is 6.18. The molecule has 0 bridgehead atoms. The summed E-state index contributed by atoms with van der Waals surface area (Å²) in [5.74, 6) is -1.01. The lowest BCUT2D eigenvalue weighted by molar-refractivity contribution is -0.123. The molecule has 6 nitrogen and oxygen atoms in total. The van der Waals surface area contributed by atoms with Crippen molar-refractivity contribution in [2.45, 2.75) is 6.61 Å². The van der Waals surface area contributed by atoms with E-state index in [2.05, 4.69) is 10.2 Å². The van der Waals surface area contributed by atoms with E-state index in [1.165, 1.54) is 31.4 Å². The van der Waals surface area contributed by atoms with Gasteiger partial charge in [-0.2, -0.15) is 13.8 Å². The lowest BCUT2D eigenvalue weighted by Gasteiger charge is -2.15. The van der Waals surface area contributed by atoms with Crippen LogP contribution in [0, 0.1) is 0 Å². The van der Waals surface area contributed by atoms with Gasteiger partial charge in [0.1, 0.15) is 0 Å². The molecule has 2 amide bonds. The fourth-order valence-corrected chi connectivity index (χ4v) is 3.62. The lowest BCUT2D eigenvalue weighted by atomic mass is 10.2. The largest absolute Gasteiger partial charge is 0.493 e. The number of hydrogen-bond donors (Lipinski definition) is 1. The van der Waals surface area contributed by atoms with Crippen LogP contribution in [0.25, 0.3) is 6.08 Å². The van der Waals surface area contributed by atoms with Crippen molar-refractivity contribution in [3.8, 4) is 11.5 Å². The van der Waals surface area contributed by atoms with E-state index in [4.69, 9.17) is 17.0 Å². The van der Waals surface area contributed by atoms with Crippen LogP contribution in [0.5, 0.6) is 11.5 Å². The molecule has 10 heteroatoms. The zero-order chi connectivity index (χ0) is 21.0. The Morgan fingerprint density at radius 2 is 1.93 bits per heavy atom. The molecule has 0 aromatic heterocycles. The number of carbonyl (C=O) groups is 2. The van der Waals surface area contributed by atoms with Gasteiger partial charge in [-0.25, -0.2) is 0 Å². The van der Waals surface area contributed by atoms with Crippen molar-refractivity contribution in [3.05, 3.63) is 64.6 Å². The number of thiocarbonyl (C=S) groups is 1. The van der Waals surface area contributed by atoms with Crippen LogP contribution in [-0.4, -0.2) is 34.9 Å². The quantitative estimate of drug-likeness (QED) is 0.548. The number of carbonyl (C=O) groups excluding carboxylic acids is 2. The Morgan fingerprint density at radius 1 is 1.21 bits per heavy atom. The standard InChI is InChI=1S/C19H14F2N2O4S2/c1-26-14-9-11(7-8-13(14)27-18(20)21)10-15-17(25)23(19(28)29-15)22-16(24)12-5-3-2-4-6-12/h2-10,18H,1H3,(H,22,24)/b15-10-. The molecule has 150 valence electrons. The van der Waals surface area contributed by atoms with E-state index in [1.54, 1.807) is 30.3 Å². The molecule has 3 rings (SSSR count). The zero-order valence-corrected chi connectivity index (χ0v) is 16.6. The van der Waals surface area contributed by atoms with Gasteiger partial charge in [0.2, 0.25) is 0 Å². The van der Waals surface area contributed by atoms with E-state index >= 15 is 0 Å². The molecule has 1 aliphatic heterocycles. The van der Waals surface area contributed by atoms with Crippen molar-refractivity contribution in [2.75, 3.05) is 7.11 Å². The molecule has 0 unspecified atom stereocenters. The van der Waals surface area contributed by atoms with Gasteiger partial charge in [-0.05, 0) is 48.1 Å². The average molecular weight is 436 g/mol. The fourth-order valence-electron chi connectivity index (χ4n) is 2.44. The minimum atomic E-state index is -2.99. The first kappa shape index (κ1) is 20.7. The maximum Gasteiger partial charge on any atom is 0.387 e. The minimum Gasteiger partial charge on any atom is -0.493 e. The van der Waals surface area contributed by atoms with Crippen LogP contribution in [0.1, 0.15) is 15.9 Å². The van der Waals surface area contributed by atoms with Gasteiger partial charge in [-0.3, -0.25) is 15.0 Å². The molecular weight excluding hydrogens is 422 g/mol. The summed E-state index contributed by atoms with van der Waals surface area (Å²) < 4.78 is 34.5. The number of nitrogens with one attached hydrogen (secondary N) is 1. The maximum atomic E-state index is 12.6. The normalized spacial score (nSPS) is 15.2. The second kappa shape index (κ2) is 9.01. The first-order chi connectivity index (χ1) is 13.9. The Kier molecular flexibility index (Phi) is 6.45. The molecule has 1 aliphatic rings. The third kappa shape index (κ3) is 4.90. The number of alkyl halides is 2. The van der Waals surface area contributed by atoms with Crippen LogP contribution in [-0.2, 0) is 4.79 Å². The number of hydrazine groups is 1. The second-order valence-electron chi connectivity index (χ2n) is 5.61. The van der Waals surface area contributed by atoms with Crippen LogP contribution in [0.4, 0.5) is 8.78 Å². The van der Waals surface area contributed by atoms with Gasteiger partial charge >= 0.3 is 6.61 Å². The SMILES string of the molecule is COc1cc(/C=C2\SC(=S)N(NC(=O)c3ccccc3)C2=O)ccc1OC(F)F. The molecule has 0 aliphatic carbocycles. The number of benzene rings is 2. The monoisotopic (exact) mass is 436 g/mol. The van der Waals surface area contributed by atoms with Crippen molar-refractivity contribution in [3.63, 3.8) is 0 Å². The van der Waals surface area contributed by atoms with E-state index in [0.717, 1.165) is 16.8 Å². The molecule has 2 aromatic rings. The summed E-state index contributed by atoms with van der Waals surface area (Å²) in [6.07, 6.45) is 1.52. The lowest BCUT2D eigenvalue weighted by Crippen LogP contribution is -2.44. The summed E-state index contributed by atoms with van der Waals surface area (Å²) in [4.78, 5) is 25.2. The van der Waals surface area contributed by atoms with Crippen LogP contribution >= 0.6 is 24.0 Å². The van der Waals surface area contributed by atoms with Crippen molar-refractivity contribution in [1.29, 1.82) is 0 Å². The summed E-state index contributed by atoms with van der Waals surface area (Å²) in [6.45, 7) is -2.99. The van der Waals surface area contributed by atoms with E-state index in [0.29, 0.717) is 11.1 Å². The van der Waals surface area contributed by atoms with Crippen molar-refractivity contribution in [1.82, 2.24) is 10.4 Å². The molecule has 0 atom stereocenters. The molecule has 1 fully saturated rings. The fraction of sp³-hybridized carbons (Fsp3) is 0.105. The van der Waals surface area contributed by atoms with Gasteiger partial charge in [0, 0.05) is 5.56 Å². The number of methoxy groups -OCH3 is 1. The highest BCUT2D eigenvalue weighted by atomic mass is 32.2.